The van der Waals surface area contributed by atoms with Gasteiger partial charge in [0.1, 0.15) is 11.6 Å². The minimum atomic E-state index is -1.28. The van der Waals surface area contributed by atoms with Gasteiger partial charge in [-0.25, -0.2) is 4.79 Å². The van der Waals surface area contributed by atoms with E-state index in [2.05, 4.69) is 0 Å². The summed E-state index contributed by atoms with van der Waals surface area (Å²) in [5.74, 6) is -2.44. The van der Waals surface area contributed by atoms with E-state index in [1.807, 2.05) is 0 Å². The molecule has 8 heteroatoms. The Morgan fingerprint density at radius 3 is 2.22 bits per heavy atom. The number of esters is 1. The number of ether oxygens (including phenoxy) is 1. The summed E-state index contributed by atoms with van der Waals surface area (Å²) in [5, 5.41) is 0.207. The van der Waals surface area contributed by atoms with Gasteiger partial charge < -0.3 is 13.6 Å². The number of carbonyl (C=O) groups is 3. The van der Waals surface area contributed by atoms with Crippen molar-refractivity contribution in [3.05, 3.63) is 88.3 Å². The molecular formula is C24H15NO7. The Hall–Kier alpha value is -4.46. The highest BCUT2D eigenvalue weighted by Crippen LogP contribution is 2.32. The molecule has 1 atom stereocenters. The van der Waals surface area contributed by atoms with E-state index in [1.54, 1.807) is 42.5 Å². The predicted octanol–water partition coefficient (Wildman–Crippen LogP) is 3.64. The van der Waals surface area contributed by atoms with Gasteiger partial charge in [-0.1, -0.05) is 24.3 Å². The third-order valence-corrected chi connectivity index (χ3v) is 5.26. The fraction of sp³-hybridized carbons (Fsp3) is 0.0833. The zero-order chi connectivity index (χ0) is 22.4. The third kappa shape index (κ3) is 2.92. The number of carbonyl (C=O) groups excluding carboxylic acids is 3. The molecule has 0 spiro atoms. The summed E-state index contributed by atoms with van der Waals surface area (Å²) in [6, 6.07) is 14.7. The zero-order valence-corrected chi connectivity index (χ0v) is 16.7. The van der Waals surface area contributed by atoms with Crippen LogP contribution >= 0.6 is 0 Å². The van der Waals surface area contributed by atoms with E-state index in [9.17, 15) is 19.2 Å². The van der Waals surface area contributed by atoms with E-state index < -0.39 is 29.3 Å². The highest BCUT2D eigenvalue weighted by Gasteiger charge is 2.41. The van der Waals surface area contributed by atoms with Gasteiger partial charge in [-0.05, 0) is 43.3 Å². The Labute approximate surface area is 180 Å². The largest absolute Gasteiger partial charge is 0.461 e. The van der Waals surface area contributed by atoms with Crippen LogP contribution < -0.4 is 10.2 Å². The summed E-state index contributed by atoms with van der Waals surface area (Å²) in [6.45, 7) is 1.36. The molecule has 32 heavy (non-hydrogen) atoms. The molecule has 1 aliphatic heterocycles. The van der Waals surface area contributed by atoms with E-state index in [4.69, 9.17) is 13.6 Å². The number of furan rings is 1. The molecule has 1 aliphatic rings. The molecule has 0 radical (unpaired) electrons. The second-order valence-corrected chi connectivity index (χ2v) is 7.19. The molecule has 0 aliphatic carbocycles. The van der Waals surface area contributed by atoms with Crippen LogP contribution in [0.3, 0.4) is 0 Å². The monoisotopic (exact) mass is 429 g/mol. The van der Waals surface area contributed by atoms with Crippen molar-refractivity contribution in [2.45, 2.75) is 13.0 Å². The third-order valence-electron chi connectivity index (χ3n) is 5.26. The van der Waals surface area contributed by atoms with E-state index in [1.165, 1.54) is 31.4 Å². The quantitative estimate of drug-likeness (QED) is 0.360. The van der Waals surface area contributed by atoms with Crippen molar-refractivity contribution in [2.75, 3.05) is 0 Å². The first kappa shape index (κ1) is 19.5. The van der Waals surface area contributed by atoms with Crippen LogP contribution in [0.4, 0.5) is 0 Å². The maximum absolute atomic E-state index is 13.1. The van der Waals surface area contributed by atoms with Crippen LogP contribution in [0, 0.1) is 0 Å². The van der Waals surface area contributed by atoms with Crippen molar-refractivity contribution < 1.29 is 28.0 Å². The summed E-state index contributed by atoms with van der Waals surface area (Å²) in [4.78, 5) is 52.3. The lowest BCUT2D eigenvalue weighted by Gasteiger charge is -2.21. The first-order valence-corrected chi connectivity index (χ1v) is 9.75. The molecule has 0 fully saturated rings. The molecule has 2 aromatic carbocycles. The topological polar surface area (TPSA) is 107 Å². The number of hydrogen-bond acceptors (Lipinski definition) is 7. The number of hydrogen-bond donors (Lipinski definition) is 0. The molecule has 0 N–H and O–H groups in total. The lowest BCUT2D eigenvalue weighted by Crippen LogP contribution is -2.45. The van der Waals surface area contributed by atoms with Gasteiger partial charge in [0.2, 0.25) is 16.9 Å². The lowest BCUT2D eigenvalue weighted by atomic mass is 10.1. The minimum absolute atomic E-state index is 0.0680. The van der Waals surface area contributed by atoms with Crippen LogP contribution in [-0.4, -0.2) is 28.7 Å². The average molecular weight is 429 g/mol. The fourth-order valence-corrected chi connectivity index (χ4v) is 3.64. The van der Waals surface area contributed by atoms with Gasteiger partial charge in [-0.15, -0.1) is 0 Å². The molecule has 0 bridgehead atoms. The van der Waals surface area contributed by atoms with E-state index in [0.29, 0.717) is 0 Å². The molecule has 2 amide bonds. The van der Waals surface area contributed by atoms with E-state index in [-0.39, 0.29) is 39.4 Å². The Morgan fingerprint density at radius 2 is 1.56 bits per heavy atom. The summed E-state index contributed by atoms with van der Waals surface area (Å²) >= 11 is 0. The molecule has 3 heterocycles. The summed E-state index contributed by atoms with van der Waals surface area (Å²) in [6.07, 6.45) is 1.39. The standard InChI is InChI=1S/C24H15NO7/c1-13(25-22(27)14-7-2-3-8-15(14)23(25)28)24(29)32-21-19(26)16-9-4-5-10-17(16)31-20(21)18-11-6-12-30-18/h2-13H,1H3. The molecule has 158 valence electrons. The molecule has 8 nitrogen and oxygen atoms in total. The highest BCUT2D eigenvalue weighted by atomic mass is 16.5. The summed E-state index contributed by atoms with van der Waals surface area (Å²) in [5.41, 5.74) is 0.121. The van der Waals surface area contributed by atoms with Crippen LogP contribution in [-0.2, 0) is 4.79 Å². The highest BCUT2D eigenvalue weighted by molar-refractivity contribution is 6.22. The first-order valence-electron chi connectivity index (χ1n) is 9.75. The number of imide groups is 1. The van der Waals surface area contributed by atoms with Crippen molar-refractivity contribution in [3.63, 3.8) is 0 Å². The average Bonchev–Trinajstić information content (AvgIpc) is 3.43. The Bertz CT molecular complexity index is 1410. The first-order chi connectivity index (χ1) is 15.5. The molecule has 2 aromatic heterocycles. The minimum Gasteiger partial charge on any atom is -0.461 e. The van der Waals surface area contributed by atoms with Gasteiger partial charge >= 0.3 is 5.97 Å². The van der Waals surface area contributed by atoms with E-state index in [0.717, 1.165) is 4.90 Å². The van der Waals surface area contributed by atoms with Crippen molar-refractivity contribution in [3.8, 4) is 17.3 Å². The normalized spacial score (nSPS) is 14.0. The van der Waals surface area contributed by atoms with Gasteiger partial charge in [0.25, 0.3) is 11.8 Å². The Kier molecular flexibility index (Phi) is 4.48. The second kappa shape index (κ2) is 7.35. The number of amides is 2. The number of fused-ring (bicyclic) bond motifs is 2. The molecular weight excluding hydrogens is 414 g/mol. The predicted molar refractivity (Wildman–Crippen MR) is 112 cm³/mol. The summed E-state index contributed by atoms with van der Waals surface area (Å²) < 4.78 is 16.6. The van der Waals surface area contributed by atoms with Crippen LogP contribution in [0.15, 0.2) is 80.6 Å². The van der Waals surface area contributed by atoms with Gasteiger partial charge in [-0.3, -0.25) is 19.3 Å². The number of para-hydroxylation sites is 1. The van der Waals surface area contributed by atoms with Crippen molar-refractivity contribution in [1.82, 2.24) is 4.90 Å². The fourth-order valence-electron chi connectivity index (χ4n) is 3.64. The molecule has 4 aromatic rings. The van der Waals surface area contributed by atoms with Gasteiger partial charge in [0, 0.05) is 0 Å². The van der Waals surface area contributed by atoms with E-state index >= 15 is 0 Å². The molecule has 0 saturated heterocycles. The van der Waals surface area contributed by atoms with Gasteiger partial charge in [0.05, 0.1) is 22.8 Å². The maximum atomic E-state index is 13.1. The zero-order valence-electron chi connectivity index (χ0n) is 16.7. The molecule has 1 unspecified atom stereocenters. The van der Waals surface area contributed by atoms with Crippen LogP contribution in [0.2, 0.25) is 0 Å². The Balaban J connectivity index is 1.54. The smallest absolute Gasteiger partial charge is 0.334 e. The number of rotatable bonds is 4. The molecule has 0 saturated carbocycles. The van der Waals surface area contributed by atoms with Crippen LogP contribution in [0.1, 0.15) is 27.6 Å². The maximum Gasteiger partial charge on any atom is 0.334 e. The molecule has 5 rings (SSSR count). The van der Waals surface area contributed by atoms with Crippen LogP contribution in [0.25, 0.3) is 22.5 Å². The second-order valence-electron chi connectivity index (χ2n) is 7.19. The van der Waals surface area contributed by atoms with Crippen LogP contribution in [0.5, 0.6) is 5.75 Å². The van der Waals surface area contributed by atoms with Crippen molar-refractivity contribution >= 4 is 28.8 Å². The number of nitrogens with zero attached hydrogens (tertiary/aromatic N) is 1. The Morgan fingerprint density at radius 1 is 0.906 bits per heavy atom. The SMILES string of the molecule is CC(C(=O)Oc1c(-c2ccco2)oc2ccccc2c1=O)N1C(=O)c2ccccc2C1=O. The van der Waals surface area contributed by atoms with Crippen molar-refractivity contribution in [2.24, 2.45) is 0 Å². The van der Waals surface area contributed by atoms with Crippen molar-refractivity contribution in [1.29, 1.82) is 0 Å². The van der Waals surface area contributed by atoms with Gasteiger partial charge in [0.15, 0.2) is 5.76 Å². The number of benzene rings is 2. The van der Waals surface area contributed by atoms with Gasteiger partial charge in [-0.2, -0.15) is 0 Å². The summed E-state index contributed by atoms with van der Waals surface area (Å²) in [7, 11) is 0. The lowest BCUT2D eigenvalue weighted by molar-refractivity contribution is -0.138.